The van der Waals surface area contributed by atoms with Crippen LogP contribution in [0.5, 0.6) is 0 Å². The molecule has 0 bridgehead atoms. The standard InChI is InChI=1S/C13H17NO6S/c1-2-11-10(3-5-20-11)13(17)14-4-6-21(18,19)8-9(14)7-12(15)16/h3,5,9H,2,4,6-8H2,1H3,(H,15,16). The molecule has 21 heavy (non-hydrogen) atoms. The molecule has 0 aliphatic carbocycles. The number of carboxylic acid groups (broad SMARTS) is 1. The molecule has 1 unspecified atom stereocenters. The molecule has 1 aliphatic rings. The molecule has 0 spiro atoms. The SMILES string of the molecule is CCc1occc1C(=O)N1CCS(=O)(=O)CC1CC(=O)O. The van der Waals surface area contributed by atoms with Crippen LogP contribution >= 0.6 is 0 Å². The number of carboxylic acids is 1. The Morgan fingerprint density at radius 2 is 2.19 bits per heavy atom. The van der Waals surface area contributed by atoms with Crippen molar-refractivity contribution in [2.45, 2.75) is 25.8 Å². The van der Waals surface area contributed by atoms with Gasteiger partial charge in [-0.25, -0.2) is 8.42 Å². The van der Waals surface area contributed by atoms with Crippen molar-refractivity contribution in [2.24, 2.45) is 0 Å². The van der Waals surface area contributed by atoms with E-state index < -0.39 is 21.8 Å². The molecule has 7 nitrogen and oxygen atoms in total. The van der Waals surface area contributed by atoms with E-state index in [0.29, 0.717) is 17.7 Å². The fourth-order valence-electron chi connectivity index (χ4n) is 2.48. The highest BCUT2D eigenvalue weighted by Gasteiger charge is 2.36. The molecular weight excluding hydrogens is 298 g/mol. The van der Waals surface area contributed by atoms with E-state index in [1.54, 1.807) is 0 Å². The molecule has 1 aromatic rings. The summed E-state index contributed by atoms with van der Waals surface area (Å²) in [5.41, 5.74) is 0.368. The van der Waals surface area contributed by atoms with Crippen LogP contribution in [0, 0.1) is 0 Å². The van der Waals surface area contributed by atoms with Gasteiger partial charge in [0.2, 0.25) is 0 Å². The van der Waals surface area contributed by atoms with Crippen molar-refractivity contribution in [1.82, 2.24) is 4.90 Å². The number of hydrogen-bond acceptors (Lipinski definition) is 5. The number of carbonyl (C=O) groups is 2. The van der Waals surface area contributed by atoms with Crippen molar-refractivity contribution in [3.05, 3.63) is 23.7 Å². The fourth-order valence-corrected chi connectivity index (χ4v) is 4.01. The Kier molecular flexibility index (Phi) is 4.36. The second-order valence-electron chi connectivity index (χ2n) is 4.98. The first-order valence-corrected chi connectivity index (χ1v) is 8.45. The molecule has 1 N–H and O–H groups in total. The van der Waals surface area contributed by atoms with Gasteiger partial charge >= 0.3 is 5.97 Å². The summed E-state index contributed by atoms with van der Waals surface area (Å²) in [6.45, 7) is 1.85. The van der Waals surface area contributed by atoms with E-state index in [1.165, 1.54) is 17.2 Å². The topological polar surface area (TPSA) is 105 Å². The van der Waals surface area contributed by atoms with E-state index in [1.807, 2.05) is 6.92 Å². The Morgan fingerprint density at radius 3 is 2.81 bits per heavy atom. The summed E-state index contributed by atoms with van der Waals surface area (Å²) < 4.78 is 28.5. The maximum absolute atomic E-state index is 12.5. The number of sulfone groups is 1. The average Bonchev–Trinajstić information content (AvgIpc) is 2.84. The van der Waals surface area contributed by atoms with Gasteiger partial charge in [-0.2, -0.15) is 0 Å². The third-order valence-electron chi connectivity index (χ3n) is 3.50. The summed E-state index contributed by atoms with van der Waals surface area (Å²) in [5, 5.41) is 8.92. The normalized spacial score (nSPS) is 21.2. The fraction of sp³-hybridized carbons (Fsp3) is 0.538. The Labute approximate surface area is 122 Å². The van der Waals surface area contributed by atoms with Crippen LogP contribution in [0.1, 0.15) is 29.5 Å². The summed E-state index contributed by atoms with van der Waals surface area (Å²) in [4.78, 5) is 24.8. The molecule has 0 aromatic carbocycles. The molecule has 1 saturated heterocycles. The lowest BCUT2D eigenvalue weighted by Gasteiger charge is -2.34. The lowest BCUT2D eigenvalue weighted by Crippen LogP contribution is -2.52. The largest absolute Gasteiger partial charge is 0.481 e. The van der Waals surface area contributed by atoms with E-state index in [-0.39, 0.29) is 30.4 Å². The molecule has 1 fully saturated rings. The van der Waals surface area contributed by atoms with Crippen LogP contribution < -0.4 is 0 Å². The smallest absolute Gasteiger partial charge is 0.305 e. The van der Waals surface area contributed by atoms with Crippen molar-refractivity contribution in [3.8, 4) is 0 Å². The summed E-state index contributed by atoms with van der Waals surface area (Å²) in [5.74, 6) is -1.44. The predicted octanol–water partition coefficient (Wildman–Crippen LogP) is 0.556. The maximum Gasteiger partial charge on any atom is 0.305 e. The van der Waals surface area contributed by atoms with E-state index in [4.69, 9.17) is 9.52 Å². The molecule has 0 radical (unpaired) electrons. The van der Waals surface area contributed by atoms with Crippen molar-refractivity contribution in [1.29, 1.82) is 0 Å². The average molecular weight is 315 g/mol. The number of carbonyl (C=O) groups excluding carboxylic acids is 1. The highest BCUT2D eigenvalue weighted by Crippen LogP contribution is 2.21. The number of hydrogen-bond donors (Lipinski definition) is 1. The summed E-state index contributed by atoms with van der Waals surface area (Å²) in [6.07, 6.45) is 1.55. The van der Waals surface area contributed by atoms with Gasteiger partial charge in [0.05, 0.1) is 35.8 Å². The second-order valence-corrected chi connectivity index (χ2v) is 7.20. The van der Waals surface area contributed by atoms with Crippen LogP contribution in [0.25, 0.3) is 0 Å². The van der Waals surface area contributed by atoms with Crippen molar-refractivity contribution < 1.29 is 27.5 Å². The van der Waals surface area contributed by atoms with Crippen LogP contribution in [0.3, 0.4) is 0 Å². The number of furan rings is 1. The minimum absolute atomic E-state index is 0.00739. The zero-order valence-corrected chi connectivity index (χ0v) is 12.4. The molecule has 1 amide bonds. The molecule has 8 heteroatoms. The molecule has 0 saturated carbocycles. The van der Waals surface area contributed by atoms with Gasteiger partial charge in [0.1, 0.15) is 5.76 Å². The third-order valence-corrected chi connectivity index (χ3v) is 5.20. The van der Waals surface area contributed by atoms with E-state index in [9.17, 15) is 18.0 Å². The number of aryl methyl sites for hydroxylation is 1. The van der Waals surface area contributed by atoms with Gasteiger partial charge in [-0.05, 0) is 6.07 Å². The van der Waals surface area contributed by atoms with Gasteiger partial charge in [-0.3, -0.25) is 9.59 Å². The van der Waals surface area contributed by atoms with Crippen molar-refractivity contribution in [3.63, 3.8) is 0 Å². The molecule has 116 valence electrons. The first-order chi connectivity index (χ1) is 9.84. The highest BCUT2D eigenvalue weighted by molar-refractivity contribution is 7.91. The van der Waals surface area contributed by atoms with E-state index >= 15 is 0 Å². The monoisotopic (exact) mass is 315 g/mol. The summed E-state index contributed by atoms with van der Waals surface area (Å²) >= 11 is 0. The highest BCUT2D eigenvalue weighted by atomic mass is 32.2. The van der Waals surface area contributed by atoms with Crippen LogP contribution in [0.4, 0.5) is 0 Å². The van der Waals surface area contributed by atoms with Gasteiger partial charge in [-0.15, -0.1) is 0 Å². The zero-order valence-electron chi connectivity index (χ0n) is 11.6. The lowest BCUT2D eigenvalue weighted by molar-refractivity contribution is -0.138. The third kappa shape index (κ3) is 3.44. The van der Waals surface area contributed by atoms with Crippen LogP contribution in [-0.4, -0.2) is 54.4 Å². The van der Waals surface area contributed by atoms with Crippen LogP contribution in [0.15, 0.2) is 16.7 Å². The molecular formula is C13H17NO6S. The van der Waals surface area contributed by atoms with E-state index in [0.717, 1.165) is 0 Å². The first-order valence-electron chi connectivity index (χ1n) is 6.63. The number of amides is 1. The Morgan fingerprint density at radius 1 is 1.48 bits per heavy atom. The van der Waals surface area contributed by atoms with Crippen molar-refractivity contribution >= 4 is 21.7 Å². The summed E-state index contributed by atoms with van der Waals surface area (Å²) in [7, 11) is -3.31. The lowest BCUT2D eigenvalue weighted by atomic mass is 10.1. The summed E-state index contributed by atoms with van der Waals surface area (Å²) in [6, 6.07) is 0.690. The first kappa shape index (κ1) is 15.6. The van der Waals surface area contributed by atoms with Crippen molar-refractivity contribution in [2.75, 3.05) is 18.1 Å². The quantitative estimate of drug-likeness (QED) is 0.870. The van der Waals surface area contributed by atoms with Crippen LogP contribution in [-0.2, 0) is 21.1 Å². The molecule has 1 aliphatic heterocycles. The molecule has 2 heterocycles. The molecule has 1 aromatic heterocycles. The second kappa shape index (κ2) is 5.88. The van der Waals surface area contributed by atoms with Gasteiger partial charge in [0.15, 0.2) is 9.84 Å². The number of rotatable bonds is 4. The van der Waals surface area contributed by atoms with Gasteiger partial charge in [0, 0.05) is 13.0 Å². The minimum Gasteiger partial charge on any atom is -0.481 e. The van der Waals surface area contributed by atoms with Gasteiger partial charge in [-0.1, -0.05) is 6.92 Å². The van der Waals surface area contributed by atoms with E-state index in [2.05, 4.69) is 0 Å². The molecule has 2 rings (SSSR count). The number of aliphatic carboxylic acids is 1. The Balaban J connectivity index is 2.27. The van der Waals surface area contributed by atoms with Crippen LogP contribution in [0.2, 0.25) is 0 Å². The van der Waals surface area contributed by atoms with Gasteiger partial charge in [0.25, 0.3) is 5.91 Å². The minimum atomic E-state index is -3.31. The number of nitrogens with zero attached hydrogens (tertiary/aromatic N) is 1. The Hall–Kier alpha value is -1.83. The molecule has 1 atom stereocenters. The maximum atomic E-state index is 12.5. The Bertz CT molecular complexity index is 647. The predicted molar refractivity (Wildman–Crippen MR) is 73.8 cm³/mol. The van der Waals surface area contributed by atoms with Gasteiger partial charge < -0.3 is 14.4 Å². The zero-order chi connectivity index (χ0) is 15.6.